The molecule has 0 aliphatic heterocycles. The molecular weight excluding hydrogens is 356 g/mol. The minimum Gasteiger partial charge on any atom is -0.508 e. The number of phenols is 1. The van der Waals surface area contributed by atoms with Gasteiger partial charge in [0.15, 0.2) is 11.5 Å². The molecule has 0 aliphatic rings. The number of hydrazone groups is 1. The number of benzene rings is 2. The third kappa shape index (κ3) is 5.13. The minimum atomic E-state index is -0.438. The van der Waals surface area contributed by atoms with Gasteiger partial charge in [-0.05, 0) is 49.2 Å². The van der Waals surface area contributed by atoms with Crippen molar-refractivity contribution in [3.05, 3.63) is 52.5 Å². The lowest BCUT2D eigenvalue weighted by atomic mass is 10.2. The smallest absolute Gasteiger partial charge is 0.271 e. The third-order valence-electron chi connectivity index (χ3n) is 3.63. The predicted molar refractivity (Wildman–Crippen MR) is 102 cm³/mol. The SMILES string of the molecule is CC[C@@H](C)Oc1c(Cl)cc(/C=N/NC(=O)c2cccc(O)c2)cc1OC. The van der Waals surface area contributed by atoms with Crippen molar-refractivity contribution in [2.24, 2.45) is 5.10 Å². The molecule has 0 radical (unpaired) electrons. The molecule has 1 amide bonds. The van der Waals surface area contributed by atoms with Gasteiger partial charge in [0.2, 0.25) is 0 Å². The number of nitrogens with one attached hydrogen (secondary N) is 1. The second-order valence-corrected chi connectivity index (χ2v) is 6.03. The van der Waals surface area contributed by atoms with Crippen LogP contribution in [0.1, 0.15) is 36.2 Å². The normalized spacial score (nSPS) is 12.0. The van der Waals surface area contributed by atoms with Crippen LogP contribution in [0.4, 0.5) is 0 Å². The summed E-state index contributed by atoms with van der Waals surface area (Å²) in [6, 6.07) is 9.38. The molecule has 1 atom stereocenters. The Morgan fingerprint density at radius 3 is 2.81 bits per heavy atom. The van der Waals surface area contributed by atoms with Gasteiger partial charge in [-0.15, -0.1) is 0 Å². The molecule has 0 bridgehead atoms. The molecule has 138 valence electrons. The largest absolute Gasteiger partial charge is 0.508 e. The van der Waals surface area contributed by atoms with Crippen LogP contribution in [0.3, 0.4) is 0 Å². The van der Waals surface area contributed by atoms with Gasteiger partial charge in [-0.2, -0.15) is 5.10 Å². The summed E-state index contributed by atoms with van der Waals surface area (Å²) >= 11 is 6.29. The maximum atomic E-state index is 12.0. The zero-order valence-corrected chi connectivity index (χ0v) is 15.6. The first-order chi connectivity index (χ1) is 12.4. The van der Waals surface area contributed by atoms with E-state index in [1.165, 1.54) is 25.5 Å². The summed E-state index contributed by atoms with van der Waals surface area (Å²) in [4.78, 5) is 12.0. The van der Waals surface area contributed by atoms with Gasteiger partial charge in [0, 0.05) is 5.56 Å². The first kappa shape index (κ1) is 19.6. The summed E-state index contributed by atoms with van der Waals surface area (Å²) in [6.45, 7) is 3.96. The van der Waals surface area contributed by atoms with Crippen LogP contribution in [0, 0.1) is 0 Å². The molecule has 26 heavy (non-hydrogen) atoms. The summed E-state index contributed by atoms with van der Waals surface area (Å²) in [7, 11) is 1.53. The van der Waals surface area contributed by atoms with Crippen LogP contribution in [0.25, 0.3) is 0 Å². The Balaban J connectivity index is 2.12. The van der Waals surface area contributed by atoms with E-state index in [4.69, 9.17) is 21.1 Å². The number of hydrogen-bond acceptors (Lipinski definition) is 5. The number of halogens is 1. The average Bonchev–Trinajstić information content (AvgIpc) is 2.63. The number of phenolic OH excluding ortho intramolecular Hbond substituents is 1. The summed E-state index contributed by atoms with van der Waals surface area (Å²) in [5.74, 6) is 0.532. The lowest BCUT2D eigenvalue weighted by Crippen LogP contribution is -2.17. The number of ether oxygens (including phenoxy) is 2. The van der Waals surface area contributed by atoms with Crippen molar-refractivity contribution >= 4 is 23.7 Å². The van der Waals surface area contributed by atoms with Gasteiger partial charge >= 0.3 is 0 Å². The maximum absolute atomic E-state index is 12.0. The van der Waals surface area contributed by atoms with E-state index >= 15 is 0 Å². The highest BCUT2D eigenvalue weighted by molar-refractivity contribution is 6.32. The van der Waals surface area contributed by atoms with Crippen LogP contribution in [-0.2, 0) is 0 Å². The van der Waals surface area contributed by atoms with E-state index in [9.17, 15) is 9.90 Å². The fraction of sp³-hybridized carbons (Fsp3) is 0.263. The van der Waals surface area contributed by atoms with Crippen LogP contribution in [-0.4, -0.2) is 30.4 Å². The third-order valence-corrected chi connectivity index (χ3v) is 3.91. The molecule has 2 aromatic carbocycles. The number of aromatic hydroxyl groups is 1. The molecule has 6 nitrogen and oxygen atoms in total. The molecule has 2 rings (SSSR count). The highest BCUT2D eigenvalue weighted by atomic mass is 35.5. The molecule has 7 heteroatoms. The van der Waals surface area contributed by atoms with Crippen molar-refractivity contribution < 1.29 is 19.4 Å². The van der Waals surface area contributed by atoms with Crippen LogP contribution in [0.2, 0.25) is 5.02 Å². The summed E-state index contributed by atoms with van der Waals surface area (Å²) < 4.78 is 11.1. The van der Waals surface area contributed by atoms with Gasteiger partial charge in [0.25, 0.3) is 5.91 Å². The van der Waals surface area contributed by atoms with E-state index in [-0.39, 0.29) is 11.9 Å². The Bertz CT molecular complexity index is 808. The Labute approximate surface area is 157 Å². The second kappa shape index (κ2) is 9.10. The van der Waals surface area contributed by atoms with E-state index in [0.29, 0.717) is 27.6 Å². The number of carbonyl (C=O) groups is 1. The van der Waals surface area contributed by atoms with Crippen LogP contribution < -0.4 is 14.9 Å². The van der Waals surface area contributed by atoms with Crippen molar-refractivity contribution in [1.29, 1.82) is 0 Å². The van der Waals surface area contributed by atoms with Crippen LogP contribution in [0.15, 0.2) is 41.5 Å². The van der Waals surface area contributed by atoms with Gasteiger partial charge in [0.1, 0.15) is 5.75 Å². The zero-order valence-electron chi connectivity index (χ0n) is 14.8. The first-order valence-electron chi connectivity index (χ1n) is 8.11. The average molecular weight is 377 g/mol. The molecule has 0 aromatic heterocycles. The number of nitrogens with zero attached hydrogens (tertiary/aromatic N) is 1. The molecule has 2 aromatic rings. The lowest BCUT2D eigenvalue weighted by Gasteiger charge is -2.17. The molecule has 0 saturated carbocycles. The monoisotopic (exact) mass is 376 g/mol. The fourth-order valence-corrected chi connectivity index (χ4v) is 2.35. The Kier molecular flexibility index (Phi) is 6.86. The Hall–Kier alpha value is -2.73. The Morgan fingerprint density at radius 1 is 1.38 bits per heavy atom. The van der Waals surface area contributed by atoms with E-state index in [1.54, 1.807) is 24.3 Å². The van der Waals surface area contributed by atoms with Crippen molar-refractivity contribution in [3.63, 3.8) is 0 Å². The fourth-order valence-electron chi connectivity index (χ4n) is 2.09. The topological polar surface area (TPSA) is 80.2 Å². The molecular formula is C19H21ClN2O4. The van der Waals surface area contributed by atoms with Gasteiger partial charge in [-0.3, -0.25) is 4.79 Å². The van der Waals surface area contributed by atoms with E-state index < -0.39 is 5.91 Å². The molecule has 0 unspecified atom stereocenters. The van der Waals surface area contributed by atoms with Crippen LogP contribution in [0.5, 0.6) is 17.2 Å². The van der Waals surface area contributed by atoms with Crippen molar-refractivity contribution in [1.82, 2.24) is 5.43 Å². The second-order valence-electron chi connectivity index (χ2n) is 5.62. The molecule has 0 aliphatic carbocycles. The van der Waals surface area contributed by atoms with Crippen molar-refractivity contribution in [3.8, 4) is 17.2 Å². The maximum Gasteiger partial charge on any atom is 0.271 e. The molecule has 0 saturated heterocycles. The quantitative estimate of drug-likeness (QED) is 0.565. The highest BCUT2D eigenvalue weighted by Crippen LogP contribution is 2.37. The standard InChI is InChI=1S/C19H21ClN2O4/c1-4-12(2)26-18-16(20)8-13(9-17(18)25-3)11-21-22-19(24)14-6-5-7-15(23)10-14/h5-12,23H,4H2,1-3H3,(H,22,24)/b21-11+/t12-/m1/s1. The molecule has 0 fully saturated rings. The zero-order chi connectivity index (χ0) is 19.1. The van der Waals surface area contributed by atoms with E-state index in [0.717, 1.165) is 6.42 Å². The van der Waals surface area contributed by atoms with E-state index in [1.807, 2.05) is 13.8 Å². The van der Waals surface area contributed by atoms with Crippen molar-refractivity contribution in [2.45, 2.75) is 26.4 Å². The summed E-state index contributed by atoms with van der Waals surface area (Å²) in [5.41, 5.74) is 3.33. The lowest BCUT2D eigenvalue weighted by molar-refractivity contribution is 0.0954. The summed E-state index contributed by atoms with van der Waals surface area (Å²) in [5, 5.41) is 13.7. The number of methoxy groups -OCH3 is 1. The number of hydrogen-bond donors (Lipinski definition) is 2. The van der Waals surface area contributed by atoms with Gasteiger partial charge < -0.3 is 14.6 Å². The molecule has 2 N–H and O–H groups in total. The number of amides is 1. The molecule has 0 spiro atoms. The van der Waals surface area contributed by atoms with Gasteiger partial charge in [-0.25, -0.2) is 5.43 Å². The van der Waals surface area contributed by atoms with E-state index in [2.05, 4.69) is 10.5 Å². The van der Waals surface area contributed by atoms with Gasteiger partial charge in [-0.1, -0.05) is 24.6 Å². The highest BCUT2D eigenvalue weighted by Gasteiger charge is 2.14. The van der Waals surface area contributed by atoms with Gasteiger partial charge in [0.05, 0.1) is 24.5 Å². The predicted octanol–water partition coefficient (Wildman–Crippen LogP) is 4.00. The number of carbonyl (C=O) groups excluding carboxylic acids is 1. The first-order valence-corrected chi connectivity index (χ1v) is 8.49. The minimum absolute atomic E-state index is 0.00231. The number of rotatable bonds is 7. The van der Waals surface area contributed by atoms with Crippen molar-refractivity contribution in [2.75, 3.05) is 7.11 Å². The molecule has 0 heterocycles. The Morgan fingerprint density at radius 2 is 2.15 bits per heavy atom. The summed E-state index contributed by atoms with van der Waals surface area (Å²) in [6.07, 6.45) is 2.29. The van der Waals surface area contributed by atoms with Crippen LogP contribution >= 0.6 is 11.6 Å².